The van der Waals surface area contributed by atoms with Crippen molar-refractivity contribution in [3.8, 4) is 0 Å². The molecular weight excluding hydrogens is 350 g/mol. The third-order valence-electron chi connectivity index (χ3n) is 3.18. The van der Waals surface area contributed by atoms with Gasteiger partial charge >= 0.3 is 6.18 Å². The minimum absolute atomic E-state index is 0. The zero-order valence-electron chi connectivity index (χ0n) is 11.1. The Kier molecular flexibility index (Phi) is 8.89. The number of aromatic nitrogens is 1. The van der Waals surface area contributed by atoms with E-state index in [2.05, 4.69) is 10.3 Å². The predicted octanol–water partition coefficient (Wildman–Crippen LogP) is 3.48. The SMILES string of the molecule is Cl.Cl.FC(F)(F)C[C@H](c1ccncc1Cl)N1CCNCC1. The largest absolute Gasteiger partial charge is 0.390 e. The smallest absolute Gasteiger partial charge is 0.314 e. The van der Waals surface area contributed by atoms with Crippen molar-refractivity contribution in [3.05, 3.63) is 29.0 Å². The molecule has 21 heavy (non-hydrogen) atoms. The van der Waals surface area contributed by atoms with Crippen LogP contribution in [0.1, 0.15) is 18.0 Å². The maximum Gasteiger partial charge on any atom is 0.390 e. The molecule has 1 aliphatic heterocycles. The molecule has 1 fully saturated rings. The van der Waals surface area contributed by atoms with E-state index in [1.54, 1.807) is 6.07 Å². The van der Waals surface area contributed by atoms with Gasteiger partial charge in [0.2, 0.25) is 0 Å². The third-order valence-corrected chi connectivity index (χ3v) is 3.50. The van der Waals surface area contributed by atoms with Crippen LogP contribution in [-0.2, 0) is 0 Å². The lowest BCUT2D eigenvalue weighted by Crippen LogP contribution is -2.46. The van der Waals surface area contributed by atoms with Gasteiger partial charge in [0.1, 0.15) is 0 Å². The zero-order chi connectivity index (χ0) is 13.9. The summed E-state index contributed by atoms with van der Waals surface area (Å²) in [5.41, 5.74) is 0.496. The topological polar surface area (TPSA) is 28.2 Å². The Hall–Kier alpha value is -0.270. The van der Waals surface area contributed by atoms with E-state index in [-0.39, 0.29) is 29.8 Å². The number of nitrogens with zero attached hydrogens (tertiary/aromatic N) is 2. The highest BCUT2D eigenvalue weighted by Crippen LogP contribution is 2.36. The van der Waals surface area contributed by atoms with E-state index in [4.69, 9.17) is 11.6 Å². The lowest BCUT2D eigenvalue weighted by molar-refractivity contribution is -0.148. The molecule has 0 spiro atoms. The second-order valence-corrected chi connectivity index (χ2v) is 4.93. The van der Waals surface area contributed by atoms with Gasteiger partial charge in [-0.25, -0.2) is 0 Å². The second-order valence-electron chi connectivity index (χ2n) is 4.52. The van der Waals surface area contributed by atoms with Crippen molar-refractivity contribution in [2.45, 2.75) is 18.6 Å². The van der Waals surface area contributed by atoms with Gasteiger partial charge in [-0.1, -0.05) is 11.6 Å². The molecule has 9 heteroatoms. The fourth-order valence-corrected chi connectivity index (χ4v) is 2.55. The van der Waals surface area contributed by atoms with Gasteiger partial charge in [0.25, 0.3) is 0 Å². The number of piperazine rings is 1. The number of halogens is 6. The monoisotopic (exact) mass is 365 g/mol. The summed E-state index contributed by atoms with van der Waals surface area (Å²) in [5, 5.41) is 3.42. The van der Waals surface area contributed by atoms with Gasteiger partial charge < -0.3 is 5.32 Å². The molecule has 0 radical (unpaired) electrons. The third kappa shape index (κ3) is 6.16. The molecule has 122 valence electrons. The molecule has 1 aromatic heterocycles. The standard InChI is InChI=1S/C12H15ClF3N3.2ClH/c13-10-8-18-2-1-9(10)11(7-12(14,15)16)19-5-3-17-4-6-19;;/h1-2,8,11,17H,3-7H2;2*1H/t11-;;/m1../s1. The molecule has 1 aromatic rings. The van der Waals surface area contributed by atoms with Crippen LogP contribution in [0.15, 0.2) is 18.5 Å². The van der Waals surface area contributed by atoms with Crippen molar-refractivity contribution in [2.24, 2.45) is 0 Å². The van der Waals surface area contributed by atoms with Gasteiger partial charge in [-0.15, -0.1) is 24.8 Å². The van der Waals surface area contributed by atoms with E-state index in [1.165, 1.54) is 12.4 Å². The lowest BCUT2D eigenvalue weighted by Gasteiger charge is -2.35. The molecule has 0 aromatic carbocycles. The number of nitrogens with one attached hydrogen (secondary N) is 1. The number of alkyl halides is 3. The second kappa shape index (κ2) is 9.00. The van der Waals surface area contributed by atoms with Crippen LogP contribution in [0.3, 0.4) is 0 Å². The molecule has 0 amide bonds. The first-order valence-corrected chi connectivity index (χ1v) is 6.46. The van der Waals surface area contributed by atoms with E-state index in [1.807, 2.05) is 4.90 Å². The van der Waals surface area contributed by atoms with E-state index in [0.717, 1.165) is 0 Å². The maximum absolute atomic E-state index is 12.8. The summed E-state index contributed by atoms with van der Waals surface area (Å²) in [6.07, 6.45) is -2.24. The summed E-state index contributed by atoms with van der Waals surface area (Å²) >= 11 is 5.99. The molecule has 1 aliphatic rings. The summed E-state index contributed by atoms with van der Waals surface area (Å²) < 4.78 is 38.3. The Balaban J connectivity index is 0.00000200. The van der Waals surface area contributed by atoms with Gasteiger partial charge in [0.15, 0.2) is 0 Å². The van der Waals surface area contributed by atoms with Crippen LogP contribution in [0.25, 0.3) is 0 Å². The van der Waals surface area contributed by atoms with Crippen molar-refractivity contribution in [1.82, 2.24) is 15.2 Å². The van der Waals surface area contributed by atoms with Crippen molar-refractivity contribution in [1.29, 1.82) is 0 Å². The van der Waals surface area contributed by atoms with Gasteiger partial charge in [-0.2, -0.15) is 13.2 Å². The Labute approximate surface area is 139 Å². The average molecular weight is 367 g/mol. The Morgan fingerprint density at radius 1 is 1.29 bits per heavy atom. The first-order valence-electron chi connectivity index (χ1n) is 6.08. The molecule has 1 atom stereocenters. The highest BCUT2D eigenvalue weighted by molar-refractivity contribution is 6.31. The van der Waals surface area contributed by atoms with Crippen LogP contribution in [0, 0.1) is 0 Å². The Bertz CT molecular complexity index is 426. The average Bonchev–Trinajstić information content (AvgIpc) is 2.37. The van der Waals surface area contributed by atoms with E-state index in [0.29, 0.717) is 31.7 Å². The van der Waals surface area contributed by atoms with Crippen LogP contribution in [0.2, 0.25) is 5.02 Å². The van der Waals surface area contributed by atoms with Crippen LogP contribution < -0.4 is 5.32 Å². The first-order chi connectivity index (χ1) is 8.97. The Morgan fingerprint density at radius 3 is 2.43 bits per heavy atom. The van der Waals surface area contributed by atoms with Gasteiger partial charge in [0, 0.05) is 44.6 Å². The molecule has 0 unspecified atom stereocenters. The lowest BCUT2D eigenvalue weighted by atomic mass is 10.0. The number of pyridine rings is 1. The summed E-state index contributed by atoms with van der Waals surface area (Å²) in [7, 11) is 0. The highest BCUT2D eigenvalue weighted by atomic mass is 35.5. The molecule has 0 bridgehead atoms. The van der Waals surface area contributed by atoms with E-state index >= 15 is 0 Å². The van der Waals surface area contributed by atoms with E-state index in [9.17, 15) is 13.2 Å². The summed E-state index contributed by atoms with van der Waals surface area (Å²) in [6, 6.07) is 0.832. The van der Waals surface area contributed by atoms with Gasteiger partial charge in [0.05, 0.1) is 11.4 Å². The minimum atomic E-state index is -4.22. The number of hydrogen-bond acceptors (Lipinski definition) is 3. The van der Waals surface area contributed by atoms with Crippen LogP contribution >= 0.6 is 36.4 Å². The van der Waals surface area contributed by atoms with Crippen molar-refractivity contribution in [3.63, 3.8) is 0 Å². The van der Waals surface area contributed by atoms with Gasteiger partial charge in [-0.3, -0.25) is 9.88 Å². The molecule has 0 saturated carbocycles. The zero-order valence-corrected chi connectivity index (χ0v) is 13.5. The molecule has 0 aliphatic carbocycles. The molecular formula is C12H17Cl3F3N3. The normalized spacial score (nSPS) is 17.5. The van der Waals surface area contributed by atoms with Crippen molar-refractivity contribution in [2.75, 3.05) is 26.2 Å². The number of hydrogen-bond donors (Lipinski definition) is 1. The van der Waals surface area contributed by atoms with Crippen molar-refractivity contribution >= 4 is 36.4 Å². The highest BCUT2D eigenvalue weighted by Gasteiger charge is 2.36. The molecule has 1 saturated heterocycles. The first kappa shape index (κ1) is 20.7. The predicted molar refractivity (Wildman–Crippen MR) is 81.6 cm³/mol. The fraction of sp³-hybridized carbons (Fsp3) is 0.583. The molecule has 2 rings (SSSR count). The quantitative estimate of drug-likeness (QED) is 0.888. The fourth-order valence-electron chi connectivity index (χ4n) is 2.30. The van der Waals surface area contributed by atoms with Crippen LogP contribution in [0.5, 0.6) is 0 Å². The summed E-state index contributed by atoms with van der Waals surface area (Å²) in [6.45, 7) is 2.55. The maximum atomic E-state index is 12.8. The Morgan fingerprint density at radius 2 is 1.90 bits per heavy atom. The molecule has 2 heterocycles. The van der Waals surface area contributed by atoms with Crippen LogP contribution in [-0.4, -0.2) is 42.2 Å². The van der Waals surface area contributed by atoms with Crippen LogP contribution in [0.4, 0.5) is 13.2 Å². The molecule has 1 N–H and O–H groups in total. The summed E-state index contributed by atoms with van der Waals surface area (Å²) in [5.74, 6) is 0. The molecule has 3 nitrogen and oxygen atoms in total. The summed E-state index contributed by atoms with van der Waals surface area (Å²) in [4.78, 5) is 5.65. The van der Waals surface area contributed by atoms with Gasteiger partial charge in [-0.05, 0) is 11.6 Å². The van der Waals surface area contributed by atoms with E-state index < -0.39 is 18.6 Å². The van der Waals surface area contributed by atoms with Crippen molar-refractivity contribution < 1.29 is 13.2 Å². The minimum Gasteiger partial charge on any atom is -0.314 e. The number of rotatable bonds is 3.